The first-order valence-corrected chi connectivity index (χ1v) is 5.89. The number of pyridine rings is 1. The van der Waals surface area contributed by atoms with Gasteiger partial charge in [0.05, 0.1) is 11.1 Å². The van der Waals surface area contributed by atoms with E-state index in [0.29, 0.717) is 5.75 Å². The average molecular weight is 309 g/mol. The van der Waals surface area contributed by atoms with Gasteiger partial charge in [-0.2, -0.15) is 0 Å². The number of ether oxygens (including phenoxy) is 1. The summed E-state index contributed by atoms with van der Waals surface area (Å²) in [6.45, 7) is 1.84. The van der Waals surface area contributed by atoms with Crippen molar-refractivity contribution in [2.45, 2.75) is 6.92 Å². The van der Waals surface area contributed by atoms with Crippen LogP contribution in [0, 0.1) is 17.0 Å². The molecule has 6 heteroatoms. The minimum atomic E-state index is -0.472. The van der Waals surface area contributed by atoms with Crippen molar-refractivity contribution in [1.29, 1.82) is 0 Å². The number of benzene rings is 1. The molecule has 5 nitrogen and oxygen atoms in total. The SMILES string of the molecule is Cc1ccc([N+](=O)[O-])c(Oc2cncc(Br)c2)c1. The number of aromatic nitrogens is 1. The van der Waals surface area contributed by atoms with E-state index in [1.165, 1.54) is 12.3 Å². The van der Waals surface area contributed by atoms with Crippen LogP contribution in [-0.4, -0.2) is 9.91 Å². The van der Waals surface area contributed by atoms with Crippen LogP contribution in [-0.2, 0) is 0 Å². The van der Waals surface area contributed by atoms with E-state index in [9.17, 15) is 10.1 Å². The largest absolute Gasteiger partial charge is 0.448 e. The molecule has 0 unspecified atom stereocenters. The summed E-state index contributed by atoms with van der Waals surface area (Å²) in [5, 5.41) is 10.9. The van der Waals surface area contributed by atoms with E-state index in [4.69, 9.17) is 4.74 Å². The number of nitro groups is 1. The van der Waals surface area contributed by atoms with E-state index < -0.39 is 4.92 Å². The van der Waals surface area contributed by atoms with Gasteiger partial charge in [0.15, 0.2) is 0 Å². The van der Waals surface area contributed by atoms with Crippen LogP contribution < -0.4 is 4.74 Å². The second-order valence-corrected chi connectivity index (χ2v) is 4.58. The standard InChI is InChI=1S/C12H9BrN2O3/c1-8-2-3-11(15(16)17)12(4-8)18-10-5-9(13)6-14-7-10/h2-7H,1H3. The Balaban J connectivity index is 2.39. The van der Waals surface area contributed by atoms with Crippen molar-refractivity contribution in [1.82, 2.24) is 4.98 Å². The van der Waals surface area contributed by atoms with Gasteiger partial charge in [0.25, 0.3) is 0 Å². The lowest BCUT2D eigenvalue weighted by Gasteiger charge is -2.06. The van der Waals surface area contributed by atoms with Crippen molar-refractivity contribution in [3.8, 4) is 11.5 Å². The molecular weight excluding hydrogens is 300 g/mol. The van der Waals surface area contributed by atoms with Gasteiger partial charge in [0.1, 0.15) is 5.75 Å². The topological polar surface area (TPSA) is 65.3 Å². The van der Waals surface area contributed by atoms with E-state index in [1.54, 1.807) is 24.4 Å². The summed E-state index contributed by atoms with van der Waals surface area (Å²) in [6, 6.07) is 6.42. The van der Waals surface area contributed by atoms with Gasteiger partial charge in [-0.15, -0.1) is 0 Å². The Morgan fingerprint density at radius 3 is 2.78 bits per heavy atom. The minimum Gasteiger partial charge on any atom is -0.448 e. The molecule has 2 rings (SSSR count). The van der Waals surface area contributed by atoms with Crippen molar-refractivity contribution in [2.24, 2.45) is 0 Å². The van der Waals surface area contributed by atoms with E-state index >= 15 is 0 Å². The third-order valence-corrected chi connectivity index (χ3v) is 2.65. The zero-order chi connectivity index (χ0) is 13.1. The van der Waals surface area contributed by atoms with Crippen molar-refractivity contribution in [3.63, 3.8) is 0 Å². The molecule has 0 N–H and O–H groups in total. The molecule has 1 heterocycles. The summed E-state index contributed by atoms with van der Waals surface area (Å²) in [6.07, 6.45) is 3.11. The van der Waals surface area contributed by atoms with Gasteiger partial charge in [-0.05, 0) is 40.5 Å². The highest BCUT2D eigenvalue weighted by atomic mass is 79.9. The number of halogens is 1. The molecule has 2 aromatic rings. The fraction of sp³-hybridized carbons (Fsp3) is 0.0833. The third kappa shape index (κ3) is 2.84. The Kier molecular flexibility index (Phi) is 3.57. The molecule has 1 aromatic carbocycles. The van der Waals surface area contributed by atoms with Crippen LogP contribution in [0.1, 0.15) is 5.56 Å². The van der Waals surface area contributed by atoms with Gasteiger partial charge in [-0.1, -0.05) is 6.07 Å². The van der Waals surface area contributed by atoms with Gasteiger partial charge in [0.2, 0.25) is 5.75 Å². The Labute approximate surface area is 112 Å². The summed E-state index contributed by atoms with van der Waals surface area (Å²) < 4.78 is 6.24. The van der Waals surface area contributed by atoms with E-state index in [-0.39, 0.29) is 11.4 Å². The zero-order valence-electron chi connectivity index (χ0n) is 9.46. The number of rotatable bonds is 3. The molecule has 0 saturated heterocycles. The molecule has 0 saturated carbocycles. The first-order chi connectivity index (χ1) is 8.56. The van der Waals surface area contributed by atoms with Crippen LogP contribution in [0.4, 0.5) is 5.69 Å². The summed E-state index contributed by atoms with van der Waals surface area (Å²) >= 11 is 3.26. The Hall–Kier alpha value is -1.95. The van der Waals surface area contributed by atoms with E-state index in [0.717, 1.165) is 10.0 Å². The first-order valence-electron chi connectivity index (χ1n) is 5.10. The van der Waals surface area contributed by atoms with Crippen LogP contribution in [0.25, 0.3) is 0 Å². The van der Waals surface area contributed by atoms with E-state index in [1.807, 2.05) is 6.92 Å². The number of hydrogen-bond donors (Lipinski definition) is 0. The number of nitro benzene ring substituents is 1. The number of nitrogens with zero attached hydrogens (tertiary/aromatic N) is 2. The lowest BCUT2D eigenvalue weighted by molar-refractivity contribution is -0.385. The van der Waals surface area contributed by atoms with Crippen molar-refractivity contribution < 1.29 is 9.66 Å². The molecule has 0 aliphatic carbocycles. The van der Waals surface area contributed by atoms with Crippen LogP contribution >= 0.6 is 15.9 Å². The highest BCUT2D eigenvalue weighted by Gasteiger charge is 2.15. The molecule has 0 aliphatic heterocycles. The second kappa shape index (κ2) is 5.14. The Morgan fingerprint density at radius 1 is 1.33 bits per heavy atom. The molecule has 0 aliphatic rings. The summed E-state index contributed by atoms with van der Waals surface area (Å²) in [4.78, 5) is 14.4. The minimum absolute atomic E-state index is 0.0689. The molecule has 0 bridgehead atoms. The lowest BCUT2D eigenvalue weighted by Crippen LogP contribution is -1.94. The van der Waals surface area contributed by atoms with Gasteiger partial charge in [0, 0.05) is 16.7 Å². The molecule has 0 fully saturated rings. The molecule has 92 valence electrons. The van der Waals surface area contributed by atoms with E-state index in [2.05, 4.69) is 20.9 Å². The Bertz CT molecular complexity index is 602. The maximum absolute atomic E-state index is 10.9. The number of hydrogen-bond acceptors (Lipinski definition) is 4. The smallest absolute Gasteiger partial charge is 0.311 e. The number of aryl methyl sites for hydroxylation is 1. The normalized spacial score (nSPS) is 10.1. The van der Waals surface area contributed by atoms with Gasteiger partial charge in [-0.3, -0.25) is 15.1 Å². The molecule has 18 heavy (non-hydrogen) atoms. The lowest BCUT2D eigenvalue weighted by atomic mass is 10.2. The van der Waals surface area contributed by atoms with Gasteiger partial charge < -0.3 is 4.74 Å². The average Bonchev–Trinajstić information content (AvgIpc) is 2.28. The predicted octanol–water partition coefficient (Wildman–Crippen LogP) is 3.85. The monoisotopic (exact) mass is 308 g/mol. The molecule has 0 amide bonds. The third-order valence-electron chi connectivity index (χ3n) is 2.22. The summed E-state index contributed by atoms with van der Waals surface area (Å²) in [5.41, 5.74) is 0.819. The van der Waals surface area contributed by atoms with Crippen molar-refractivity contribution >= 4 is 21.6 Å². The van der Waals surface area contributed by atoms with Crippen LogP contribution in [0.15, 0.2) is 41.1 Å². The predicted molar refractivity (Wildman–Crippen MR) is 69.8 cm³/mol. The molecule has 0 spiro atoms. The first kappa shape index (κ1) is 12.5. The van der Waals surface area contributed by atoms with Gasteiger partial charge >= 0.3 is 5.69 Å². The summed E-state index contributed by atoms with van der Waals surface area (Å²) in [5.74, 6) is 0.651. The van der Waals surface area contributed by atoms with Crippen molar-refractivity contribution in [3.05, 3.63) is 56.8 Å². The molecule has 1 aromatic heterocycles. The highest BCUT2D eigenvalue weighted by Crippen LogP contribution is 2.32. The van der Waals surface area contributed by atoms with Crippen LogP contribution in [0.2, 0.25) is 0 Å². The maximum atomic E-state index is 10.9. The zero-order valence-corrected chi connectivity index (χ0v) is 11.0. The summed E-state index contributed by atoms with van der Waals surface area (Å²) in [7, 11) is 0. The fourth-order valence-electron chi connectivity index (χ4n) is 1.43. The fourth-order valence-corrected chi connectivity index (χ4v) is 1.77. The van der Waals surface area contributed by atoms with Crippen molar-refractivity contribution in [2.75, 3.05) is 0 Å². The molecule has 0 atom stereocenters. The quantitative estimate of drug-likeness (QED) is 0.638. The van der Waals surface area contributed by atoms with Crippen LogP contribution in [0.5, 0.6) is 11.5 Å². The molecular formula is C12H9BrN2O3. The van der Waals surface area contributed by atoms with Crippen LogP contribution in [0.3, 0.4) is 0 Å². The molecule has 0 radical (unpaired) electrons. The second-order valence-electron chi connectivity index (χ2n) is 3.67. The highest BCUT2D eigenvalue weighted by molar-refractivity contribution is 9.10. The maximum Gasteiger partial charge on any atom is 0.311 e. The Morgan fingerprint density at radius 2 is 2.11 bits per heavy atom. The van der Waals surface area contributed by atoms with Gasteiger partial charge in [-0.25, -0.2) is 0 Å².